The molecule has 1 aromatic carbocycles. The van der Waals surface area contributed by atoms with Gasteiger partial charge in [-0.25, -0.2) is 17.1 Å². The van der Waals surface area contributed by atoms with Crippen LogP contribution in [0, 0.1) is 5.82 Å². The fourth-order valence-electron chi connectivity index (χ4n) is 2.78. The number of benzene rings is 1. The third-order valence-corrected chi connectivity index (χ3v) is 6.05. The van der Waals surface area contributed by atoms with Gasteiger partial charge in [-0.15, -0.1) is 0 Å². The van der Waals surface area contributed by atoms with Gasteiger partial charge in [0.25, 0.3) is 0 Å². The molecule has 0 radical (unpaired) electrons. The van der Waals surface area contributed by atoms with Gasteiger partial charge in [-0.3, -0.25) is 4.79 Å². The van der Waals surface area contributed by atoms with E-state index in [9.17, 15) is 17.6 Å². The Labute approximate surface area is 143 Å². The first-order valence-corrected chi connectivity index (χ1v) is 10.1. The summed E-state index contributed by atoms with van der Waals surface area (Å²) in [6.45, 7) is 1.33. The predicted molar refractivity (Wildman–Crippen MR) is 91.6 cm³/mol. The van der Waals surface area contributed by atoms with Gasteiger partial charge in [0.2, 0.25) is 15.9 Å². The second-order valence-electron chi connectivity index (χ2n) is 6.11. The topological polar surface area (TPSA) is 66.5 Å². The number of sulfonamides is 1. The molecule has 1 aliphatic heterocycles. The molecule has 1 aromatic rings. The number of carbonyl (C=O) groups is 1. The van der Waals surface area contributed by atoms with Gasteiger partial charge >= 0.3 is 0 Å². The zero-order valence-corrected chi connectivity index (χ0v) is 14.7. The standard InChI is InChI=1S/C17H25FN2O3S/c18-16-9-7-15(8-10-16)5-4-6-17(21)19-11-14-24(22,23)20-12-2-1-3-13-20/h7-10H,1-6,11-14H2,(H,19,21). The summed E-state index contributed by atoms with van der Waals surface area (Å²) >= 11 is 0. The van der Waals surface area contributed by atoms with Crippen molar-refractivity contribution in [3.05, 3.63) is 35.6 Å². The van der Waals surface area contributed by atoms with Crippen LogP contribution in [0.4, 0.5) is 4.39 Å². The minimum atomic E-state index is -3.26. The molecule has 0 atom stereocenters. The molecular weight excluding hydrogens is 331 g/mol. The van der Waals surface area contributed by atoms with Crippen LogP contribution in [0.5, 0.6) is 0 Å². The SMILES string of the molecule is O=C(CCCc1ccc(F)cc1)NCCS(=O)(=O)N1CCCCC1. The molecule has 1 saturated heterocycles. The highest BCUT2D eigenvalue weighted by Crippen LogP contribution is 2.13. The molecule has 1 amide bonds. The predicted octanol–water partition coefficient (Wildman–Crippen LogP) is 2.08. The summed E-state index contributed by atoms with van der Waals surface area (Å²) in [5.41, 5.74) is 0.983. The van der Waals surface area contributed by atoms with Gasteiger partial charge in [0.1, 0.15) is 5.82 Å². The smallest absolute Gasteiger partial charge is 0.220 e. The number of amides is 1. The molecule has 1 N–H and O–H groups in total. The Morgan fingerprint density at radius 3 is 2.46 bits per heavy atom. The second kappa shape index (κ2) is 9.13. The van der Waals surface area contributed by atoms with E-state index in [0.29, 0.717) is 32.4 Å². The van der Waals surface area contributed by atoms with E-state index in [4.69, 9.17) is 0 Å². The number of carbonyl (C=O) groups excluding carboxylic acids is 1. The highest BCUT2D eigenvalue weighted by Gasteiger charge is 2.23. The van der Waals surface area contributed by atoms with Crippen LogP contribution in [0.15, 0.2) is 24.3 Å². The fraction of sp³-hybridized carbons (Fsp3) is 0.588. The largest absolute Gasteiger partial charge is 0.355 e. The number of nitrogens with one attached hydrogen (secondary N) is 1. The lowest BCUT2D eigenvalue weighted by Crippen LogP contribution is -2.40. The number of aryl methyl sites for hydroxylation is 1. The minimum Gasteiger partial charge on any atom is -0.355 e. The van der Waals surface area contributed by atoms with Gasteiger partial charge in [-0.2, -0.15) is 0 Å². The highest BCUT2D eigenvalue weighted by atomic mass is 32.2. The van der Waals surface area contributed by atoms with Crippen LogP contribution in [-0.4, -0.2) is 44.0 Å². The first kappa shape index (κ1) is 18.9. The molecule has 0 bridgehead atoms. The van der Waals surface area contributed by atoms with E-state index in [1.807, 2.05) is 0 Å². The summed E-state index contributed by atoms with van der Waals surface area (Å²) in [7, 11) is -3.26. The first-order chi connectivity index (χ1) is 11.5. The fourth-order valence-corrected chi connectivity index (χ4v) is 4.22. The van der Waals surface area contributed by atoms with E-state index in [2.05, 4.69) is 5.32 Å². The lowest BCUT2D eigenvalue weighted by atomic mass is 10.1. The summed E-state index contributed by atoms with van der Waals surface area (Å²) in [4.78, 5) is 11.8. The Morgan fingerprint density at radius 2 is 1.79 bits per heavy atom. The van der Waals surface area contributed by atoms with Crippen LogP contribution in [0.25, 0.3) is 0 Å². The lowest BCUT2D eigenvalue weighted by Gasteiger charge is -2.25. The maximum absolute atomic E-state index is 12.8. The number of halogens is 1. The third kappa shape index (κ3) is 6.20. The molecule has 0 saturated carbocycles. The monoisotopic (exact) mass is 356 g/mol. The van der Waals surface area contributed by atoms with Gasteiger partial charge in [0.15, 0.2) is 0 Å². The Morgan fingerprint density at radius 1 is 1.12 bits per heavy atom. The molecule has 7 heteroatoms. The van der Waals surface area contributed by atoms with E-state index in [0.717, 1.165) is 24.8 Å². The number of hydrogen-bond acceptors (Lipinski definition) is 3. The normalized spacial score (nSPS) is 16.0. The Bertz CT molecular complexity index is 626. The number of piperidine rings is 1. The average molecular weight is 356 g/mol. The Hall–Kier alpha value is -1.47. The Kier molecular flexibility index (Phi) is 7.17. The molecule has 134 valence electrons. The summed E-state index contributed by atoms with van der Waals surface area (Å²) in [5, 5.41) is 2.67. The molecule has 0 spiro atoms. The van der Waals surface area contributed by atoms with Crippen molar-refractivity contribution >= 4 is 15.9 Å². The van der Waals surface area contributed by atoms with E-state index in [-0.39, 0.29) is 24.0 Å². The van der Waals surface area contributed by atoms with E-state index in [1.165, 1.54) is 16.4 Å². The highest BCUT2D eigenvalue weighted by molar-refractivity contribution is 7.89. The molecule has 1 fully saturated rings. The van der Waals surface area contributed by atoms with Crippen molar-refractivity contribution in [2.75, 3.05) is 25.4 Å². The van der Waals surface area contributed by atoms with Gasteiger partial charge in [-0.1, -0.05) is 18.6 Å². The molecule has 2 rings (SSSR count). The summed E-state index contributed by atoms with van der Waals surface area (Å²) < 4.78 is 38.6. The Balaban J connectivity index is 1.63. The lowest BCUT2D eigenvalue weighted by molar-refractivity contribution is -0.121. The van der Waals surface area contributed by atoms with Gasteiger partial charge in [-0.05, 0) is 43.4 Å². The molecular formula is C17H25FN2O3S. The number of rotatable bonds is 8. The maximum atomic E-state index is 12.8. The van der Waals surface area contributed by atoms with Crippen molar-refractivity contribution in [3.8, 4) is 0 Å². The summed E-state index contributed by atoms with van der Waals surface area (Å²) in [6, 6.07) is 6.22. The van der Waals surface area contributed by atoms with E-state index >= 15 is 0 Å². The van der Waals surface area contributed by atoms with Gasteiger partial charge in [0.05, 0.1) is 5.75 Å². The molecule has 0 aliphatic carbocycles. The van der Waals surface area contributed by atoms with Crippen LogP contribution < -0.4 is 5.32 Å². The summed E-state index contributed by atoms with van der Waals surface area (Å²) in [6.07, 6.45) is 4.58. The number of nitrogens with zero attached hydrogens (tertiary/aromatic N) is 1. The molecule has 1 aliphatic rings. The second-order valence-corrected chi connectivity index (χ2v) is 8.19. The van der Waals surface area contributed by atoms with Crippen molar-refractivity contribution in [3.63, 3.8) is 0 Å². The molecule has 0 aromatic heterocycles. The zero-order valence-electron chi connectivity index (χ0n) is 13.8. The van der Waals surface area contributed by atoms with Gasteiger partial charge < -0.3 is 5.32 Å². The minimum absolute atomic E-state index is 0.0449. The molecule has 5 nitrogen and oxygen atoms in total. The van der Waals surface area contributed by atoms with E-state index < -0.39 is 10.0 Å². The molecule has 24 heavy (non-hydrogen) atoms. The van der Waals surface area contributed by atoms with Crippen molar-refractivity contribution in [1.82, 2.24) is 9.62 Å². The van der Waals surface area contributed by atoms with Crippen LogP contribution in [0.2, 0.25) is 0 Å². The van der Waals surface area contributed by atoms with Crippen molar-refractivity contribution in [2.24, 2.45) is 0 Å². The van der Waals surface area contributed by atoms with Crippen molar-refractivity contribution < 1.29 is 17.6 Å². The maximum Gasteiger partial charge on any atom is 0.220 e. The van der Waals surface area contributed by atoms with Crippen molar-refractivity contribution in [1.29, 1.82) is 0 Å². The van der Waals surface area contributed by atoms with Crippen molar-refractivity contribution in [2.45, 2.75) is 38.5 Å². The summed E-state index contributed by atoms with van der Waals surface area (Å²) in [5.74, 6) is -0.464. The van der Waals surface area contributed by atoms with Crippen LogP contribution in [0.3, 0.4) is 0 Å². The van der Waals surface area contributed by atoms with E-state index in [1.54, 1.807) is 12.1 Å². The zero-order chi connectivity index (χ0) is 17.4. The number of hydrogen-bond donors (Lipinski definition) is 1. The van der Waals surface area contributed by atoms with Crippen LogP contribution in [0.1, 0.15) is 37.7 Å². The average Bonchev–Trinajstić information content (AvgIpc) is 2.57. The molecule has 1 heterocycles. The quantitative estimate of drug-likeness (QED) is 0.775. The third-order valence-electron chi connectivity index (χ3n) is 4.17. The van der Waals surface area contributed by atoms with Gasteiger partial charge in [0, 0.05) is 26.1 Å². The molecule has 0 unspecified atom stereocenters. The van der Waals surface area contributed by atoms with Crippen LogP contribution >= 0.6 is 0 Å². The van der Waals surface area contributed by atoms with Crippen LogP contribution in [-0.2, 0) is 21.2 Å². The first-order valence-electron chi connectivity index (χ1n) is 8.46.